The lowest BCUT2D eigenvalue weighted by Gasteiger charge is -2.16. The molecule has 0 aliphatic carbocycles. The van der Waals surface area contributed by atoms with E-state index < -0.39 is 6.04 Å². The van der Waals surface area contributed by atoms with E-state index >= 15 is 0 Å². The minimum atomic E-state index is -0.626. The summed E-state index contributed by atoms with van der Waals surface area (Å²) in [6.45, 7) is 2.73. The summed E-state index contributed by atoms with van der Waals surface area (Å²) in [6, 6.07) is 15.9. The number of nitrogens with zero attached hydrogens (tertiary/aromatic N) is 3. The molecule has 1 fully saturated rings. The Morgan fingerprint density at radius 3 is 2.57 bits per heavy atom. The number of para-hydroxylation sites is 1. The molecular formula is C21H21N5O3S. The topological polar surface area (TPSA) is 92.2 Å². The number of hydrogen-bond acceptors (Lipinski definition) is 6. The third kappa shape index (κ3) is 3.89. The molecule has 2 amide bonds. The van der Waals surface area contributed by atoms with Gasteiger partial charge >= 0.3 is 0 Å². The summed E-state index contributed by atoms with van der Waals surface area (Å²) in [4.78, 5) is 26.6. The number of benzene rings is 2. The number of carbonyl (C=O) groups excluding carboxylic acids is 2. The van der Waals surface area contributed by atoms with Gasteiger partial charge in [-0.1, -0.05) is 18.2 Å². The van der Waals surface area contributed by atoms with Gasteiger partial charge < -0.3 is 4.74 Å². The Hall–Kier alpha value is -3.30. The van der Waals surface area contributed by atoms with Crippen LogP contribution in [0, 0.1) is 4.77 Å². The lowest BCUT2D eigenvalue weighted by Crippen LogP contribution is -2.39. The van der Waals surface area contributed by atoms with Gasteiger partial charge in [0.25, 0.3) is 5.91 Å². The Labute approximate surface area is 178 Å². The van der Waals surface area contributed by atoms with Crippen molar-refractivity contribution < 1.29 is 14.3 Å². The highest BCUT2D eigenvalue weighted by Crippen LogP contribution is 2.25. The van der Waals surface area contributed by atoms with Crippen molar-refractivity contribution in [3.63, 3.8) is 0 Å². The van der Waals surface area contributed by atoms with E-state index in [1.54, 1.807) is 28.8 Å². The molecule has 1 atom stereocenters. The van der Waals surface area contributed by atoms with Crippen molar-refractivity contribution in [1.29, 1.82) is 0 Å². The molecule has 0 saturated carbocycles. The molecule has 2 aromatic carbocycles. The van der Waals surface area contributed by atoms with Gasteiger partial charge in [0.2, 0.25) is 5.91 Å². The monoisotopic (exact) mass is 423 g/mol. The zero-order valence-electron chi connectivity index (χ0n) is 16.4. The highest BCUT2D eigenvalue weighted by molar-refractivity contribution is 7.71. The fourth-order valence-electron chi connectivity index (χ4n) is 3.43. The van der Waals surface area contributed by atoms with Gasteiger partial charge in [-0.2, -0.15) is 5.10 Å². The summed E-state index contributed by atoms with van der Waals surface area (Å²) in [7, 11) is 0. The standard InChI is InChI=1S/C21H21N5O3S/c1-2-29-16-10-8-15(9-11-16)26-19(27)12-17(20(26)28)22-13-18-23-24-21(30)25(18)14-6-4-3-5-7-14/h3-11,17,22H,2,12-13H2,1H3,(H,24,30)/t17-/m1/s1. The number of aromatic amines is 1. The maximum atomic E-state index is 12.9. The summed E-state index contributed by atoms with van der Waals surface area (Å²) >= 11 is 5.34. The molecule has 0 radical (unpaired) electrons. The quantitative estimate of drug-likeness (QED) is 0.448. The normalized spacial score (nSPS) is 16.3. The van der Waals surface area contributed by atoms with Crippen LogP contribution in [0.2, 0.25) is 0 Å². The first-order valence-electron chi connectivity index (χ1n) is 9.63. The van der Waals surface area contributed by atoms with Crippen LogP contribution in [0.15, 0.2) is 54.6 Å². The van der Waals surface area contributed by atoms with Crippen molar-refractivity contribution in [2.45, 2.75) is 25.9 Å². The molecule has 1 aromatic heterocycles. The van der Waals surface area contributed by atoms with Gasteiger partial charge in [0, 0.05) is 5.69 Å². The van der Waals surface area contributed by atoms with Gasteiger partial charge in [0.1, 0.15) is 11.6 Å². The zero-order valence-corrected chi connectivity index (χ0v) is 17.2. The zero-order chi connectivity index (χ0) is 21.1. The Morgan fingerprint density at radius 1 is 1.13 bits per heavy atom. The van der Waals surface area contributed by atoms with E-state index in [9.17, 15) is 9.59 Å². The van der Waals surface area contributed by atoms with Crippen molar-refractivity contribution in [2.75, 3.05) is 11.5 Å². The molecule has 8 nitrogen and oxygen atoms in total. The first-order valence-corrected chi connectivity index (χ1v) is 10.0. The van der Waals surface area contributed by atoms with E-state index in [1.165, 1.54) is 4.90 Å². The molecule has 0 unspecified atom stereocenters. The van der Waals surface area contributed by atoms with Gasteiger partial charge in [-0.3, -0.25) is 24.6 Å². The second-order valence-corrected chi connectivity index (χ2v) is 7.13. The number of hydrogen-bond donors (Lipinski definition) is 2. The van der Waals surface area contributed by atoms with Gasteiger partial charge in [0.15, 0.2) is 4.77 Å². The van der Waals surface area contributed by atoms with Crippen molar-refractivity contribution in [2.24, 2.45) is 0 Å². The third-order valence-electron chi connectivity index (χ3n) is 4.82. The van der Waals surface area contributed by atoms with Crippen LogP contribution in [0.1, 0.15) is 19.2 Å². The smallest absolute Gasteiger partial charge is 0.251 e. The van der Waals surface area contributed by atoms with E-state index in [-0.39, 0.29) is 24.8 Å². The highest BCUT2D eigenvalue weighted by atomic mass is 32.1. The summed E-state index contributed by atoms with van der Waals surface area (Å²) in [5.74, 6) is 0.790. The number of rotatable bonds is 7. The average molecular weight is 423 g/mol. The molecule has 30 heavy (non-hydrogen) atoms. The number of carbonyl (C=O) groups is 2. The number of H-pyrrole nitrogens is 1. The third-order valence-corrected chi connectivity index (χ3v) is 5.09. The first-order chi connectivity index (χ1) is 14.6. The van der Waals surface area contributed by atoms with E-state index in [1.807, 2.05) is 37.3 Å². The Morgan fingerprint density at radius 2 is 1.87 bits per heavy atom. The molecular weight excluding hydrogens is 402 g/mol. The second-order valence-electron chi connectivity index (χ2n) is 6.75. The fourth-order valence-corrected chi connectivity index (χ4v) is 3.68. The van der Waals surface area contributed by atoms with Crippen molar-refractivity contribution in [1.82, 2.24) is 20.1 Å². The summed E-state index contributed by atoms with van der Waals surface area (Å²) in [6.07, 6.45) is 0.0858. The number of amides is 2. The largest absolute Gasteiger partial charge is 0.494 e. The van der Waals surface area contributed by atoms with Crippen molar-refractivity contribution in [3.8, 4) is 11.4 Å². The number of aromatic nitrogens is 3. The lowest BCUT2D eigenvalue weighted by molar-refractivity contribution is -0.121. The molecule has 4 rings (SSSR count). The van der Waals surface area contributed by atoms with Crippen LogP contribution in [0.4, 0.5) is 5.69 Å². The Bertz CT molecular complexity index is 1110. The minimum absolute atomic E-state index is 0.0858. The van der Waals surface area contributed by atoms with Gasteiger partial charge in [0.05, 0.1) is 31.3 Å². The molecule has 1 aliphatic rings. The number of ether oxygens (including phenoxy) is 1. The van der Waals surface area contributed by atoms with E-state index in [0.717, 1.165) is 5.69 Å². The van der Waals surface area contributed by atoms with Crippen LogP contribution < -0.4 is 15.0 Å². The van der Waals surface area contributed by atoms with E-state index in [0.29, 0.717) is 28.6 Å². The molecule has 1 aliphatic heterocycles. The number of nitrogens with one attached hydrogen (secondary N) is 2. The minimum Gasteiger partial charge on any atom is -0.494 e. The van der Waals surface area contributed by atoms with E-state index in [4.69, 9.17) is 17.0 Å². The van der Waals surface area contributed by atoms with Gasteiger partial charge in [-0.05, 0) is 55.5 Å². The number of anilines is 1. The Kier molecular flexibility index (Phi) is 5.73. The van der Waals surface area contributed by atoms with Gasteiger partial charge in [-0.15, -0.1) is 0 Å². The molecule has 2 heterocycles. The molecule has 9 heteroatoms. The molecule has 0 bridgehead atoms. The lowest BCUT2D eigenvalue weighted by atomic mass is 10.2. The molecule has 1 saturated heterocycles. The fraction of sp³-hybridized carbons (Fsp3) is 0.238. The van der Waals surface area contributed by atoms with Gasteiger partial charge in [-0.25, -0.2) is 4.90 Å². The SMILES string of the molecule is CCOc1ccc(N2C(=O)C[C@@H](NCc3n[nH]c(=S)n3-c3ccccc3)C2=O)cc1. The summed E-state index contributed by atoms with van der Waals surface area (Å²) in [5.41, 5.74) is 1.41. The van der Waals surface area contributed by atoms with Crippen LogP contribution in [0.3, 0.4) is 0 Å². The second kappa shape index (κ2) is 8.60. The molecule has 154 valence electrons. The van der Waals surface area contributed by atoms with E-state index in [2.05, 4.69) is 15.5 Å². The predicted molar refractivity (Wildman–Crippen MR) is 114 cm³/mol. The summed E-state index contributed by atoms with van der Waals surface area (Å²) < 4.78 is 7.67. The predicted octanol–water partition coefficient (Wildman–Crippen LogP) is 2.75. The molecule has 3 aromatic rings. The maximum Gasteiger partial charge on any atom is 0.251 e. The van der Waals surface area contributed by atoms with Crippen molar-refractivity contribution in [3.05, 3.63) is 65.2 Å². The molecule has 0 spiro atoms. The molecule has 2 N–H and O–H groups in total. The first kappa shape index (κ1) is 20.0. The van der Waals surface area contributed by atoms with Crippen LogP contribution in [0.5, 0.6) is 5.75 Å². The summed E-state index contributed by atoms with van der Waals surface area (Å²) in [5, 5.41) is 10.2. The van der Waals surface area contributed by atoms with Crippen LogP contribution >= 0.6 is 12.2 Å². The maximum absolute atomic E-state index is 12.9. The van der Waals surface area contributed by atoms with Crippen LogP contribution in [-0.2, 0) is 16.1 Å². The average Bonchev–Trinajstić information content (AvgIpc) is 3.26. The Balaban J connectivity index is 1.48. The van der Waals surface area contributed by atoms with Crippen molar-refractivity contribution >= 4 is 29.7 Å². The van der Waals surface area contributed by atoms with Crippen LogP contribution in [-0.4, -0.2) is 39.2 Å². The highest BCUT2D eigenvalue weighted by Gasteiger charge is 2.39. The van der Waals surface area contributed by atoms with Crippen LogP contribution in [0.25, 0.3) is 5.69 Å². The number of imide groups is 1.